The molecule has 0 aromatic heterocycles. The van der Waals surface area contributed by atoms with Crippen molar-refractivity contribution in [3.05, 3.63) is 30.1 Å². The zero-order chi connectivity index (χ0) is 14.0. The van der Waals surface area contributed by atoms with Crippen LogP contribution in [-0.4, -0.2) is 50.2 Å². The van der Waals surface area contributed by atoms with E-state index in [9.17, 15) is 4.39 Å². The van der Waals surface area contributed by atoms with Crippen LogP contribution in [0.1, 0.15) is 13.8 Å². The Kier molecular flexibility index (Phi) is 4.11. The maximum Gasteiger partial charge on any atom is 0.123 e. The van der Waals surface area contributed by atoms with Gasteiger partial charge in [0.2, 0.25) is 0 Å². The third kappa shape index (κ3) is 3.07. The lowest BCUT2D eigenvalue weighted by atomic mass is 9.95. The van der Waals surface area contributed by atoms with E-state index in [1.54, 1.807) is 0 Å². The van der Waals surface area contributed by atoms with Gasteiger partial charge in [0.1, 0.15) is 5.82 Å². The molecule has 1 aliphatic rings. The van der Waals surface area contributed by atoms with Crippen molar-refractivity contribution in [1.29, 1.82) is 0 Å². The number of benzene rings is 1. The van der Waals surface area contributed by atoms with Crippen LogP contribution in [0.3, 0.4) is 0 Å². The van der Waals surface area contributed by atoms with Crippen molar-refractivity contribution >= 4 is 5.69 Å². The molecule has 106 valence electrons. The van der Waals surface area contributed by atoms with Crippen molar-refractivity contribution in [2.45, 2.75) is 25.4 Å². The van der Waals surface area contributed by atoms with Crippen LogP contribution in [-0.2, 0) is 0 Å². The minimum Gasteiger partial charge on any atom is -0.368 e. The summed E-state index contributed by atoms with van der Waals surface area (Å²) in [5.74, 6) is -0.177. The van der Waals surface area contributed by atoms with Crippen LogP contribution < -0.4 is 10.2 Å². The first-order valence-corrected chi connectivity index (χ1v) is 6.82. The fourth-order valence-corrected chi connectivity index (χ4v) is 2.80. The van der Waals surface area contributed by atoms with Crippen molar-refractivity contribution in [3.63, 3.8) is 0 Å². The summed E-state index contributed by atoms with van der Waals surface area (Å²) in [6.45, 7) is 7.38. The van der Waals surface area contributed by atoms with Crippen LogP contribution >= 0.6 is 0 Å². The Hall–Kier alpha value is -1.13. The smallest absolute Gasteiger partial charge is 0.123 e. The molecule has 4 heteroatoms. The molecule has 1 atom stereocenters. The second-order valence-corrected chi connectivity index (χ2v) is 5.99. The highest BCUT2D eigenvalue weighted by Gasteiger charge is 2.37. The summed E-state index contributed by atoms with van der Waals surface area (Å²) in [4.78, 5) is 4.78. The molecule has 2 rings (SSSR count). The van der Waals surface area contributed by atoms with Gasteiger partial charge in [0.25, 0.3) is 0 Å². The highest BCUT2D eigenvalue weighted by Crippen LogP contribution is 2.27. The largest absolute Gasteiger partial charge is 0.368 e. The Morgan fingerprint density at radius 2 is 1.95 bits per heavy atom. The van der Waals surface area contributed by atoms with Crippen LogP contribution in [0.4, 0.5) is 10.1 Å². The molecule has 1 aromatic rings. The summed E-state index contributed by atoms with van der Waals surface area (Å²) >= 11 is 0. The molecule has 0 radical (unpaired) electrons. The predicted molar refractivity (Wildman–Crippen MR) is 78.2 cm³/mol. The predicted octanol–water partition coefficient (Wildman–Crippen LogP) is 1.94. The Bertz CT molecular complexity index is 416. The Morgan fingerprint density at radius 1 is 1.32 bits per heavy atom. The molecule has 3 nitrogen and oxygen atoms in total. The highest BCUT2D eigenvalue weighted by atomic mass is 19.1. The van der Waals surface area contributed by atoms with Gasteiger partial charge in [0, 0.05) is 36.9 Å². The molecular weight excluding hydrogens is 241 g/mol. The molecule has 1 N–H and O–H groups in total. The molecule has 1 saturated heterocycles. The molecule has 0 amide bonds. The van der Waals surface area contributed by atoms with Crippen LogP contribution in [0.5, 0.6) is 0 Å². The molecule has 0 aliphatic carbocycles. The number of piperazine rings is 1. The third-order valence-electron chi connectivity index (χ3n) is 4.14. The molecular formula is C15H24FN3. The third-order valence-corrected chi connectivity index (χ3v) is 4.14. The quantitative estimate of drug-likeness (QED) is 0.901. The summed E-state index contributed by atoms with van der Waals surface area (Å²) < 4.78 is 13.0. The van der Waals surface area contributed by atoms with Gasteiger partial charge in [-0.1, -0.05) is 0 Å². The Balaban J connectivity index is 2.20. The maximum absolute atomic E-state index is 13.0. The van der Waals surface area contributed by atoms with Gasteiger partial charge in [-0.2, -0.15) is 0 Å². The number of nitrogens with one attached hydrogen (secondary N) is 1. The second-order valence-electron chi connectivity index (χ2n) is 5.99. The molecule has 0 bridgehead atoms. The minimum absolute atomic E-state index is 0.105. The SMILES string of the molecule is CNCC1CN(c2ccc(F)cc2)CC(C)(C)N1C. The summed E-state index contributed by atoms with van der Waals surface area (Å²) in [5, 5.41) is 3.26. The van der Waals surface area contributed by atoms with E-state index in [1.165, 1.54) is 12.1 Å². The molecule has 1 heterocycles. The summed E-state index contributed by atoms with van der Waals surface area (Å²) in [7, 11) is 4.17. The van der Waals surface area contributed by atoms with Gasteiger partial charge in [-0.15, -0.1) is 0 Å². The van der Waals surface area contributed by atoms with Gasteiger partial charge >= 0.3 is 0 Å². The standard InChI is InChI=1S/C15H24FN3/c1-15(2)11-19(10-14(9-17-3)18(15)4)13-7-5-12(16)6-8-13/h5-8,14,17H,9-11H2,1-4H3. The van der Waals surface area contributed by atoms with E-state index in [1.807, 2.05) is 19.2 Å². The summed E-state index contributed by atoms with van der Waals surface area (Å²) in [6.07, 6.45) is 0. The zero-order valence-electron chi connectivity index (χ0n) is 12.3. The number of hydrogen-bond acceptors (Lipinski definition) is 3. The van der Waals surface area contributed by atoms with Crippen molar-refractivity contribution < 1.29 is 4.39 Å². The van der Waals surface area contributed by atoms with Crippen molar-refractivity contribution in [2.75, 3.05) is 38.6 Å². The van der Waals surface area contributed by atoms with Crippen LogP contribution in [0.15, 0.2) is 24.3 Å². The molecule has 1 unspecified atom stereocenters. The summed E-state index contributed by atoms with van der Waals surface area (Å²) in [6, 6.07) is 7.26. The molecule has 19 heavy (non-hydrogen) atoms. The van der Waals surface area contributed by atoms with E-state index in [-0.39, 0.29) is 11.4 Å². The van der Waals surface area contributed by atoms with E-state index in [0.29, 0.717) is 6.04 Å². The molecule has 1 aliphatic heterocycles. The Labute approximate surface area is 115 Å². The number of likely N-dealkylation sites (N-methyl/N-ethyl adjacent to an activating group) is 2. The zero-order valence-corrected chi connectivity index (χ0v) is 12.3. The lowest BCUT2D eigenvalue weighted by Gasteiger charge is -2.51. The van der Waals surface area contributed by atoms with E-state index in [0.717, 1.165) is 25.3 Å². The second kappa shape index (κ2) is 5.47. The number of anilines is 1. The fraction of sp³-hybridized carbons (Fsp3) is 0.600. The first-order chi connectivity index (χ1) is 8.94. The maximum atomic E-state index is 13.0. The molecule has 1 aromatic carbocycles. The van der Waals surface area contributed by atoms with E-state index >= 15 is 0 Å². The highest BCUT2D eigenvalue weighted by molar-refractivity contribution is 5.47. The van der Waals surface area contributed by atoms with Gasteiger partial charge in [-0.3, -0.25) is 4.90 Å². The lowest BCUT2D eigenvalue weighted by molar-refractivity contribution is 0.0809. The summed E-state index contributed by atoms with van der Waals surface area (Å²) in [5.41, 5.74) is 1.21. The first kappa shape index (κ1) is 14.3. The number of halogens is 1. The van der Waals surface area contributed by atoms with Crippen molar-refractivity contribution in [2.24, 2.45) is 0 Å². The molecule has 1 fully saturated rings. The average Bonchev–Trinajstić information content (AvgIpc) is 2.36. The van der Waals surface area contributed by atoms with Crippen molar-refractivity contribution in [3.8, 4) is 0 Å². The van der Waals surface area contributed by atoms with Gasteiger partial charge in [-0.05, 0) is 52.2 Å². The first-order valence-electron chi connectivity index (χ1n) is 6.82. The van der Waals surface area contributed by atoms with Gasteiger partial charge in [0.15, 0.2) is 0 Å². The monoisotopic (exact) mass is 265 g/mol. The van der Waals surface area contributed by atoms with Gasteiger partial charge in [-0.25, -0.2) is 4.39 Å². The Morgan fingerprint density at radius 3 is 2.53 bits per heavy atom. The fourth-order valence-electron chi connectivity index (χ4n) is 2.80. The number of hydrogen-bond donors (Lipinski definition) is 1. The number of nitrogens with zero attached hydrogens (tertiary/aromatic N) is 2. The van der Waals surface area contributed by atoms with Gasteiger partial charge in [0.05, 0.1) is 0 Å². The van der Waals surface area contributed by atoms with Crippen molar-refractivity contribution in [1.82, 2.24) is 10.2 Å². The minimum atomic E-state index is -0.177. The normalized spacial score (nSPS) is 23.6. The van der Waals surface area contributed by atoms with E-state index < -0.39 is 0 Å². The van der Waals surface area contributed by atoms with Crippen LogP contribution in [0.25, 0.3) is 0 Å². The average molecular weight is 265 g/mol. The molecule has 0 saturated carbocycles. The topological polar surface area (TPSA) is 18.5 Å². The van der Waals surface area contributed by atoms with Crippen LogP contribution in [0.2, 0.25) is 0 Å². The molecule has 0 spiro atoms. The lowest BCUT2D eigenvalue weighted by Crippen LogP contribution is -2.64. The van der Waals surface area contributed by atoms with E-state index in [4.69, 9.17) is 0 Å². The van der Waals surface area contributed by atoms with E-state index in [2.05, 4.69) is 36.0 Å². The van der Waals surface area contributed by atoms with Crippen LogP contribution in [0, 0.1) is 5.82 Å². The number of rotatable bonds is 3. The van der Waals surface area contributed by atoms with Gasteiger partial charge < -0.3 is 10.2 Å².